The molecule has 0 bridgehead atoms. The van der Waals surface area contributed by atoms with Gasteiger partial charge in [0.05, 0.1) is 16.6 Å². The second kappa shape index (κ2) is 7.42. The van der Waals surface area contributed by atoms with E-state index in [0.29, 0.717) is 16.4 Å². The summed E-state index contributed by atoms with van der Waals surface area (Å²) in [7, 11) is 0. The number of hydrogen-bond donors (Lipinski definition) is 2. The number of benzene rings is 1. The van der Waals surface area contributed by atoms with Crippen molar-refractivity contribution in [2.45, 2.75) is 19.4 Å². The summed E-state index contributed by atoms with van der Waals surface area (Å²) in [4.78, 5) is 12.4. The van der Waals surface area contributed by atoms with Crippen molar-refractivity contribution in [2.75, 3.05) is 12.0 Å². The highest BCUT2D eigenvalue weighted by atomic mass is 35.5. The van der Waals surface area contributed by atoms with E-state index in [2.05, 4.69) is 25.9 Å². The number of aryl methyl sites for hydroxylation is 1. The lowest BCUT2D eigenvalue weighted by Gasteiger charge is -2.15. The summed E-state index contributed by atoms with van der Waals surface area (Å²) >= 11 is 7.81. The number of aromatic amines is 1. The molecule has 1 aromatic carbocycles. The van der Waals surface area contributed by atoms with Crippen molar-refractivity contribution in [2.24, 2.45) is 0 Å². The van der Waals surface area contributed by atoms with Crippen LogP contribution in [0.2, 0.25) is 5.02 Å². The SMILES string of the molecule is CSCCC(NC(=O)c1ccc(C)cc1Cl)c1nn[nH]n1. The number of carbonyl (C=O) groups is 1. The Labute approximate surface area is 132 Å². The maximum atomic E-state index is 12.4. The lowest BCUT2D eigenvalue weighted by molar-refractivity contribution is 0.0934. The van der Waals surface area contributed by atoms with Crippen LogP contribution in [0, 0.1) is 6.92 Å². The van der Waals surface area contributed by atoms with Gasteiger partial charge in [-0.3, -0.25) is 4.79 Å². The number of rotatable bonds is 6. The third kappa shape index (κ3) is 4.18. The van der Waals surface area contributed by atoms with Gasteiger partial charge in [0.1, 0.15) is 0 Å². The van der Waals surface area contributed by atoms with Crippen molar-refractivity contribution in [3.8, 4) is 0 Å². The molecule has 0 aliphatic rings. The Kier molecular flexibility index (Phi) is 5.58. The molecular weight excluding hydrogens is 310 g/mol. The second-order valence-corrected chi connectivity index (χ2v) is 5.95. The molecule has 2 aromatic rings. The van der Waals surface area contributed by atoms with Crippen LogP contribution in [0.3, 0.4) is 0 Å². The molecule has 0 saturated carbocycles. The summed E-state index contributed by atoms with van der Waals surface area (Å²) in [5, 5.41) is 17.2. The Morgan fingerprint density at radius 2 is 2.33 bits per heavy atom. The average Bonchev–Trinajstić information content (AvgIpc) is 2.97. The topological polar surface area (TPSA) is 83.6 Å². The van der Waals surface area contributed by atoms with Crippen LogP contribution < -0.4 is 5.32 Å². The van der Waals surface area contributed by atoms with Crippen LogP contribution in [0.5, 0.6) is 0 Å². The van der Waals surface area contributed by atoms with E-state index < -0.39 is 0 Å². The van der Waals surface area contributed by atoms with Crippen molar-refractivity contribution in [3.05, 3.63) is 40.2 Å². The van der Waals surface area contributed by atoms with Gasteiger partial charge in [-0.05, 0) is 43.0 Å². The predicted molar refractivity (Wildman–Crippen MR) is 83.6 cm³/mol. The van der Waals surface area contributed by atoms with Gasteiger partial charge in [0, 0.05) is 0 Å². The Balaban J connectivity index is 2.14. The molecule has 0 aliphatic heterocycles. The Hall–Kier alpha value is -1.60. The molecule has 0 aliphatic carbocycles. The van der Waals surface area contributed by atoms with E-state index in [9.17, 15) is 4.79 Å². The van der Waals surface area contributed by atoms with Gasteiger partial charge in [0.2, 0.25) is 0 Å². The molecule has 8 heteroatoms. The molecule has 1 aromatic heterocycles. The highest BCUT2D eigenvalue weighted by Gasteiger charge is 2.20. The molecule has 1 heterocycles. The van der Waals surface area contributed by atoms with E-state index in [-0.39, 0.29) is 11.9 Å². The van der Waals surface area contributed by atoms with Crippen LogP contribution in [0.15, 0.2) is 18.2 Å². The largest absolute Gasteiger partial charge is 0.342 e. The van der Waals surface area contributed by atoms with Crippen molar-refractivity contribution < 1.29 is 4.79 Å². The third-order valence-corrected chi connectivity index (χ3v) is 3.92. The maximum Gasteiger partial charge on any atom is 0.253 e. The Bertz CT molecular complexity index is 605. The van der Waals surface area contributed by atoms with Gasteiger partial charge in [0.15, 0.2) is 5.82 Å². The fourth-order valence-corrected chi connectivity index (χ4v) is 2.65. The number of thioether (sulfide) groups is 1. The predicted octanol–water partition coefficient (Wildman–Crippen LogP) is 2.39. The summed E-state index contributed by atoms with van der Waals surface area (Å²) in [6.45, 7) is 1.92. The van der Waals surface area contributed by atoms with E-state index in [1.54, 1.807) is 23.9 Å². The number of tetrazole rings is 1. The molecule has 0 spiro atoms. The monoisotopic (exact) mass is 325 g/mol. The Morgan fingerprint density at radius 1 is 1.52 bits per heavy atom. The van der Waals surface area contributed by atoms with Gasteiger partial charge in [-0.15, -0.1) is 10.2 Å². The van der Waals surface area contributed by atoms with Crippen LogP contribution in [-0.2, 0) is 0 Å². The van der Waals surface area contributed by atoms with E-state index in [0.717, 1.165) is 17.7 Å². The molecule has 6 nitrogen and oxygen atoms in total. The van der Waals surface area contributed by atoms with Gasteiger partial charge in [-0.1, -0.05) is 22.9 Å². The first-order chi connectivity index (χ1) is 10.1. The highest BCUT2D eigenvalue weighted by Crippen LogP contribution is 2.20. The lowest BCUT2D eigenvalue weighted by Crippen LogP contribution is -2.30. The van der Waals surface area contributed by atoms with Crippen LogP contribution in [0.4, 0.5) is 0 Å². The van der Waals surface area contributed by atoms with Gasteiger partial charge < -0.3 is 5.32 Å². The van der Waals surface area contributed by atoms with Crippen molar-refractivity contribution in [1.29, 1.82) is 0 Å². The van der Waals surface area contributed by atoms with E-state index in [1.807, 2.05) is 19.2 Å². The molecule has 0 saturated heterocycles. The molecule has 21 heavy (non-hydrogen) atoms. The normalized spacial score (nSPS) is 12.1. The Morgan fingerprint density at radius 3 is 2.95 bits per heavy atom. The third-order valence-electron chi connectivity index (χ3n) is 2.96. The van der Waals surface area contributed by atoms with Crippen LogP contribution in [-0.4, -0.2) is 38.5 Å². The van der Waals surface area contributed by atoms with Crippen LogP contribution in [0.1, 0.15) is 34.2 Å². The average molecular weight is 326 g/mol. The molecule has 0 fully saturated rings. The molecule has 0 radical (unpaired) electrons. The van der Waals surface area contributed by atoms with E-state index in [1.165, 1.54) is 0 Å². The van der Waals surface area contributed by atoms with Gasteiger partial charge >= 0.3 is 0 Å². The molecule has 1 unspecified atom stereocenters. The fourth-order valence-electron chi connectivity index (χ4n) is 1.86. The summed E-state index contributed by atoms with van der Waals surface area (Å²) < 4.78 is 0. The summed E-state index contributed by atoms with van der Waals surface area (Å²) in [5.41, 5.74) is 1.45. The van der Waals surface area contributed by atoms with Gasteiger partial charge in [0.25, 0.3) is 5.91 Å². The first-order valence-corrected chi connectivity index (χ1v) is 8.18. The number of H-pyrrole nitrogens is 1. The number of carbonyl (C=O) groups excluding carboxylic acids is 1. The maximum absolute atomic E-state index is 12.4. The number of hydrogen-bond acceptors (Lipinski definition) is 5. The van der Waals surface area contributed by atoms with E-state index in [4.69, 9.17) is 11.6 Å². The standard InChI is InChI=1S/C13H16ClN5OS/c1-8-3-4-9(10(14)7-8)13(20)15-11(5-6-21-2)12-16-18-19-17-12/h3-4,7,11H,5-6H2,1-2H3,(H,15,20)(H,16,17,18,19). The molecule has 1 atom stereocenters. The molecular formula is C13H16ClN5OS. The number of amides is 1. The van der Waals surface area contributed by atoms with Crippen LogP contribution in [0.25, 0.3) is 0 Å². The minimum atomic E-state index is -0.291. The minimum Gasteiger partial charge on any atom is -0.342 e. The van der Waals surface area contributed by atoms with Crippen molar-refractivity contribution in [1.82, 2.24) is 25.9 Å². The quantitative estimate of drug-likeness (QED) is 0.852. The zero-order valence-electron chi connectivity index (χ0n) is 11.8. The van der Waals surface area contributed by atoms with Gasteiger partial charge in [-0.25, -0.2) is 0 Å². The number of nitrogens with zero attached hydrogens (tertiary/aromatic N) is 3. The van der Waals surface area contributed by atoms with Crippen molar-refractivity contribution >= 4 is 29.3 Å². The zero-order valence-corrected chi connectivity index (χ0v) is 13.3. The molecule has 112 valence electrons. The van der Waals surface area contributed by atoms with Gasteiger partial charge in [-0.2, -0.15) is 17.0 Å². The number of nitrogens with one attached hydrogen (secondary N) is 2. The number of halogens is 1. The van der Waals surface area contributed by atoms with E-state index >= 15 is 0 Å². The summed E-state index contributed by atoms with van der Waals surface area (Å²) in [5.74, 6) is 1.11. The molecule has 2 N–H and O–H groups in total. The molecule has 1 amide bonds. The molecule has 2 rings (SSSR count). The fraction of sp³-hybridized carbons (Fsp3) is 0.385. The first-order valence-electron chi connectivity index (χ1n) is 6.41. The second-order valence-electron chi connectivity index (χ2n) is 4.56. The summed E-state index contributed by atoms with van der Waals surface area (Å²) in [6, 6.07) is 5.05. The first kappa shape index (κ1) is 15.8. The van der Waals surface area contributed by atoms with Crippen molar-refractivity contribution in [3.63, 3.8) is 0 Å². The highest BCUT2D eigenvalue weighted by molar-refractivity contribution is 7.98. The number of aromatic nitrogens is 4. The minimum absolute atomic E-state index is 0.240. The zero-order chi connectivity index (χ0) is 15.2. The van der Waals surface area contributed by atoms with Crippen LogP contribution >= 0.6 is 23.4 Å². The smallest absolute Gasteiger partial charge is 0.253 e. The summed E-state index contributed by atoms with van der Waals surface area (Å²) in [6.07, 6.45) is 2.72. The lowest BCUT2D eigenvalue weighted by atomic mass is 10.1.